The zero-order valence-electron chi connectivity index (χ0n) is 15.6. The predicted octanol–water partition coefficient (Wildman–Crippen LogP) is 4.41. The standard InChI is InChI=1S/C21H20N2O4S/c1-3-23-19(24)18(12-14-8-10-17(11-9-14)27-4-2)28-21(23)22-16-7-5-6-15(13-16)20(25)26/h5-13H,3-4H2,1-2H3,(H,25,26)/b18-12-,22-21?. The van der Waals surface area contributed by atoms with Crippen molar-refractivity contribution in [3.05, 3.63) is 64.6 Å². The number of hydrogen-bond acceptors (Lipinski definition) is 5. The van der Waals surface area contributed by atoms with Crippen molar-refractivity contribution in [2.75, 3.05) is 13.2 Å². The Bertz CT molecular complexity index is 951. The van der Waals surface area contributed by atoms with Gasteiger partial charge in [0.25, 0.3) is 5.91 Å². The number of nitrogens with zero attached hydrogens (tertiary/aromatic N) is 2. The van der Waals surface area contributed by atoms with Crippen LogP contribution in [0.25, 0.3) is 6.08 Å². The molecular weight excluding hydrogens is 376 g/mol. The maximum atomic E-state index is 12.7. The summed E-state index contributed by atoms with van der Waals surface area (Å²) in [6.07, 6.45) is 1.82. The predicted molar refractivity (Wildman–Crippen MR) is 111 cm³/mol. The Hall–Kier alpha value is -3.06. The average molecular weight is 396 g/mol. The van der Waals surface area contributed by atoms with Gasteiger partial charge < -0.3 is 9.84 Å². The van der Waals surface area contributed by atoms with Crippen molar-refractivity contribution >= 4 is 40.6 Å². The molecule has 0 unspecified atom stereocenters. The molecule has 0 aliphatic carbocycles. The van der Waals surface area contributed by atoms with Crippen LogP contribution in [-0.2, 0) is 4.79 Å². The first-order valence-corrected chi connectivity index (χ1v) is 9.69. The molecule has 6 nitrogen and oxygen atoms in total. The van der Waals surface area contributed by atoms with Crippen LogP contribution in [-0.4, -0.2) is 40.2 Å². The molecule has 0 atom stereocenters. The van der Waals surface area contributed by atoms with Crippen LogP contribution in [0.4, 0.5) is 5.69 Å². The van der Waals surface area contributed by atoms with Crippen LogP contribution >= 0.6 is 11.8 Å². The SMILES string of the molecule is CCOc1ccc(/C=C2\SC(=Nc3cccc(C(=O)O)c3)N(CC)C2=O)cc1. The Balaban J connectivity index is 1.87. The van der Waals surface area contributed by atoms with Crippen molar-refractivity contribution in [3.63, 3.8) is 0 Å². The number of rotatable bonds is 6. The van der Waals surface area contributed by atoms with Gasteiger partial charge >= 0.3 is 5.97 Å². The smallest absolute Gasteiger partial charge is 0.335 e. The minimum atomic E-state index is -1.01. The van der Waals surface area contributed by atoms with E-state index in [-0.39, 0.29) is 11.5 Å². The molecule has 1 heterocycles. The molecule has 1 N–H and O–H groups in total. The molecule has 0 saturated carbocycles. The van der Waals surface area contributed by atoms with Crippen LogP contribution in [0.5, 0.6) is 5.75 Å². The number of amidine groups is 1. The highest BCUT2D eigenvalue weighted by molar-refractivity contribution is 8.18. The van der Waals surface area contributed by atoms with Gasteiger partial charge in [0.1, 0.15) is 5.75 Å². The lowest BCUT2D eigenvalue weighted by Gasteiger charge is -2.12. The van der Waals surface area contributed by atoms with Gasteiger partial charge in [-0.25, -0.2) is 9.79 Å². The lowest BCUT2D eigenvalue weighted by atomic mass is 10.2. The summed E-state index contributed by atoms with van der Waals surface area (Å²) < 4.78 is 5.43. The van der Waals surface area contributed by atoms with Gasteiger partial charge in [-0.15, -0.1) is 0 Å². The molecule has 7 heteroatoms. The van der Waals surface area contributed by atoms with E-state index in [0.29, 0.717) is 28.9 Å². The number of carboxylic acid groups (broad SMARTS) is 1. The van der Waals surface area contributed by atoms with Gasteiger partial charge in [0, 0.05) is 6.54 Å². The van der Waals surface area contributed by atoms with Gasteiger partial charge in [0.05, 0.1) is 22.8 Å². The molecule has 1 aliphatic rings. The van der Waals surface area contributed by atoms with Crippen LogP contribution in [0.3, 0.4) is 0 Å². The topological polar surface area (TPSA) is 79.2 Å². The first-order valence-electron chi connectivity index (χ1n) is 8.88. The molecule has 144 valence electrons. The minimum Gasteiger partial charge on any atom is -0.494 e. The highest BCUT2D eigenvalue weighted by atomic mass is 32.2. The lowest BCUT2D eigenvalue weighted by molar-refractivity contribution is -0.122. The number of hydrogen-bond donors (Lipinski definition) is 1. The number of carboxylic acids is 1. The molecule has 0 bridgehead atoms. The number of aromatic carboxylic acids is 1. The Morgan fingerprint density at radius 2 is 1.96 bits per heavy atom. The van der Waals surface area contributed by atoms with Crippen molar-refractivity contribution in [1.82, 2.24) is 4.90 Å². The van der Waals surface area contributed by atoms with E-state index < -0.39 is 5.97 Å². The van der Waals surface area contributed by atoms with Crippen LogP contribution < -0.4 is 4.74 Å². The maximum Gasteiger partial charge on any atom is 0.335 e. The molecule has 0 radical (unpaired) electrons. The van der Waals surface area contributed by atoms with E-state index in [0.717, 1.165) is 11.3 Å². The van der Waals surface area contributed by atoms with Gasteiger partial charge in [-0.3, -0.25) is 9.69 Å². The molecule has 28 heavy (non-hydrogen) atoms. The average Bonchev–Trinajstić information content (AvgIpc) is 2.98. The Morgan fingerprint density at radius 3 is 2.61 bits per heavy atom. The summed E-state index contributed by atoms with van der Waals surface area (Å²) in [5.74, 6) is -0.346. The Morgan fingerprint density at radius 1 is 1.21 bits per heavy atom. The van der Waals surface area contributed by atoms with Crippen LogP contribution in [0.15, 0.2) is 58.4 Å². The Labute approximate surface area is 167 Å². The highest BCUT2D eigenvalue weighted by Crippen LogP contribution is 2.34. The molecule has 3 rings (SSSR count). The largest absolute Gasteiger partial charge is 0.494 e. The summed E-state index contributed by atoms with van der Waals surface area (Å²) in [6.45, 7) is 4.88. The third kappa shape index (κ3) is 4.43. The zero-order valence-corrected chi connectivity index (χ0v) is 16.4. The molecule has 1 saturated heterocycles. The van der Waals surface area contributed by atoms with E-state index in [1.165, 1.54) is 23.9 Å². The number of benzene rings is 2. The minimum absolute atomic E-state index is 0.116. The maximum absolute atomic E-state index is 12.7. The number of thioether (sulfide) groups is 1. The first-order chi connectivity index (χ1) is 13.5. The van der Waals surface area contributed by atoms with Gasteiger partial charge in [-0.05, 0) is 67.6 Å². The second-order valence-electron chi connectivity index (χ2n) is 5.91. The molecule has 1 amide bonds. The van der Waals surface area contributed by atoms with Crippen molar-refractivity contribution in [2.45, 2.75) is 13.8 Å². The fourth-order valence-corrected chi connectivity index (χ4v) is 3.73. The van der Waals surface area contributed by atoms with E-state index in [1.54, 1.807) is 17.0 Å². The molecule has 2 aromatic rings. The van der Waals surface area contributed by atoms with E-state index in [1.807, 2.05) is 44.2 Å². The number of amides is 1. The fourth-order valence-electron chi connectivity index (χ4n) is 2.67. The summed E-state index contributed by atoms with van der Waals surface area (Å²) in [5, 5.41) is 9.67. The summed E-state index contributed by atoms with van der Waals surface area (Å²) >= 11 is 1.28. The normalized spacial score (nSPS) is 16.8. The monoisotopic (exact) mass is 396 g/mol. The van der Waals surface area contributed by atoms with E-state index >= 15 is 0 Å². The summed E-state index contributed by atoms with van der Waals surface area (Å²) in [4.78, 5) is 30.5. The van der Waals surface area contributed by atoms with E-state index in [9.17, 15) is 9.59 Å². The summed E-state index contributed by atoms with van der Waals surface area (Å²) in [6, 6.07) is 13.9. The number of aliphatic imine (C=N–C) groups is 1. The summed E-state index contributed by atoms with van der Waals surface area (Å²) in [7, 11) is 0. The van der Waals surface area contributed by atoms with Crippen molar-refractivity contribution in [1.29, 1.82) is 0 Å². The molecule has 0 spiro atoms. The van der Waals surface area contributed by atoms with Crippen molar-refractivity contribution in [2.24, 2.45) is 4.99 Å². The van der Waals surface area contributed by atoms with E-state index in [4.69, 9.17) is 9.84 Å². The first kappa shape index (κ1) is 19.7. The fraction of sp³-hybridized carbons (Fsp3) is 0.190. The molecule has 1 aliphatic heterocycles. The quantitative estimate of drug-likeness (QED) is 0.732. The highest BCUT2D eigenvalue weighted by Gasteiger charge is 2.32. The number of likely N-dealkylation sites (N-methyl/N-ethyl adjacent to an activating group) is 1. The molecule has 0 aromatic heterocycles. The van der Waals surface area contributed by atoms with Crippen LogP contribution in [0, 0.1) is 0 Å². The van der Waals surface area contributed by atoms with Crippen LogP contribution in [0.2, 0.25) is 0 Å². The number of ether oxygens (including phenoxy) is 1. The summed E-state index contributed by atoms with van der Waals surface area (Å²) in [5.41, 5.74) is 1.55. The third-order valence-electron chi connectivity index (χ3n) is 4.01. The third-order valence-corrected chi connectivity index (χ3v) is 5.02. The lowest BCUT2D eigenvalue weighted by Crippen LogP contribution is -2.28. The second-order valence-corrected chi connectivity index (χ2v) is 6.92. The van der Waals surface area contributed by atoms with Crippen molar-refractivity contribution in [3.8, 4) is 5.75 Å². The van der Waals surface area contributed by atoms with Crippen LogP contribution in [0.1, 0.15) is 29.8 Å². The van der Waals surface area contributed by atoms with Gasteiger partial charge in [0.15, 0.2) is 5.17 Å². The zero-order chi connectivity index (χ0) is 20.1. The number of carbonyl (C=O) groups excluding carboxylic acids is 1. The van der Waals surface area contributed by atoms with Gasteiger partial charge in [0.2, 0.25) is 0 Å². The van der Waals surface area contributed by atoms with Gasteiger partial charge in [-0.2, -0.15) is 0 Å². The Kier molecular flexibility index (Phi) is 6.16. The molecule has 1 fully saturated rings. The van der Waals surface area contributed by atoms with E-state index in [2.05, 4.69) is 4.99 Å². The number of carbonyl (C=O) groups is 2. The van der Waals surface area contributed by atoms with Gasteiger partial charge in [-0.1, -0.05) is 18.2 Å². The molecular formula is C21H20N2O4S. The second kappa shape index (κ2) is 8.75. The molecule has 2 aromatic carbocycles. The van der Waals surface area contributed by atoms with Crippen molar-refractivity contribution < 1.29 is 19.4 Å².